The van der Waals surface area contributed by atoms with Gasteiger partial charge < -0.3 is 9.47 Å². The van der Waals surface area contributed by atoms with Crippen molar-refractivity contribution in [3.05, 3.63) is 75.8 Å². The molecule has 2 aromatic carbocycles. The molecule has 2 amide bonds. The molecule has 1 fully saturated rings. The van der Waals surface area contributed by atoms with Crippen LogP contribution in [0.15, 0.2) is 64.7 Å². The molecule has 0 unspecified atom stereocenters. The van der Waals surface area contributed by atoms with Crippen molar-refractivity contribution < 1.29 is 28.7 Å². The van der Waals surface area contributed by atoms with Crippen LogP contribution < -0.4 is 10.1 Å². The van der Waals surface area contributed by atoms with Crippen molar-refractivity contribution in [1.82, 2.24) is 5.32 Å². The molecule has 1 saturated heterocycles. The molecule has 31 heavy (non-hydrogen) atoms. The maximum absolute atomic E-state index is 12.2. The smallest absolute Gasteiger partial charge is 0.343 e. The SMILES string of the molecule is O=C(C[C@H]1SC(=O)NC1=O)Oc1ccc(/C=C2\C=C(c3ccc(Br)cc3)OC2=O)cc1. The number of imide groups is 1. The standard InChI is InChI=1S/C22H14BrNO6S/c23-15-5-3-13(4-6-15)17-10-14(21(27)30-17)9-12-1-7-16(8-2-12)29-19(25)11-18-20(26)24-22(28)31-18/h1-10,18H,11H2,(H,24,26,28)/b14-9+/t18-/m1/s1. The van der Waals surface area contributed by atoms with Crippen LogP contribution in [0.1, 0.15) is 17.5 Å². The van der Waals surface area contributed by atoms with Gasteiger partial charge in [0.25, 0.3) is 5.24 Å². The summed E-state index contributed by atoms with van der Waals surface area (Å²) in [6.07, 6.45) is 3.14. The number of esters is 2. The van der Waals surface area contributed by atoms with E-state index in [9.17, 15) is 19.2 Å². The topological polar surface area (TPSA) is 98.8 Å². The van der Waals surface area contributed by atoms with Crippen molar-refractivity contribution in [2.75, 3.05) is 0 Å². The first-order valence-corrected chi connectivity index (χ1v) is 10.8. The monoisotopic (exact) mass is 499 g/mol. The minimum atomic E-state index is -0.774. The quantitative estimate of drug-likeness (QED) is 0.375. The lowest BCUT2D eigenvalue weighted by Crippen LogP contribution is -2.27. The van der Waals surface area contributed by atoms with Crippen LogP contribution in [0.2, 0.25) is 0 Å². The second-order valence-electron chi connectivity index (χ2n) is 6.64. The van der Waals surface area contributed by atoms with Crippen molar-refractivity contribution in [1.29, 1.82) is 0 Å². The normalized spacial score (nSPS) is 19.3. The van der Waals surface area contributed by atoms with Crippen LogP contribution in [0.25, 0.3) is 11.8 Å². The van der Waals surface area contributed by atoms with Crippen molar-refractivity contribution in [2.24, 2.45) is 0 Å². The third-order valence-corrected chi connectivity index (χ3v) is 5.92. The lowest BCUT2D eigenvalue weighted by atomic mass is 10.1. The molecule has 156 valence electrons. The van der Waals surface area contributed by atoms with E-state index in [1.165, 1.54) is 0 Å². The van der Waals surface area contributed by atoms with Gasteiger partial charge in [0.2, 0.25) is 5.91 Å². The number of carbonyl (C=O) groups excluding carboxylic acids is 4. The van der Waals surface area contributed by atoms with E-state index in [1.54, 1.807) is 36.4 Å². The number of halogens is 1. The summed E-state index contributed by atoms with van der Waals surface area (Å²) in [6, 6.07) is 14.0. The minimum absolute atomic E-state index is 0.205. The van der Waals surface area contributed by atoms with Gasteiger partial charge in [-0.3, -0.25) is 19.7 Å². The molecule has 2 aromatic rings. The Morgan fingerprint density at radius 2 is 1.81 bits per heavy atom. The first-order chi connectivity index (χ1) is 14.9. The number of amides is 2. The van der Waals surface area contributed by atoms with E-state index in [0.717, 1.165) is 27.4 Å². The number of benzene rings is 2. The van der Waals surface area contributed by atoms with Crippen molar-refractivity contribution in [2.45, 2.75) is 11.7 Å². The number of hydrogen-bond acceptors (Lipinski definition) is 7. The van der Waals surface area contributed by atoms with Crippen LogP contribution in [-0.4, -0.2) is 28.3 Å². The van der Waals surface area contributed by atoms with Crippen LogP contribution in [-0.2, 0) is 19.1 Å². The van der Waals surface area contributed by atoms with Gasteiger partial charge in [-0.15, -0.1) is 0 Å². The molecule has 2 aliphatic heterocycles. The van der Waals surface area contributed by atoms with Crippen LogP contribution in [0.5, 0.6) is 5.75 Å². The molecule has 0 bridgehead atoms. The average molecular weight is 500 g/mol. The molecule has 0 aromatic heterocycles. The predicted octanol–water partition coefficient (Wildman–Crippen LogP) is 4.08. The van der Waals surface area contributed by atoms with Gasteiger partial charge in [-0.1, -0.05) is 52.0 Å². The van der Waals surface area contributed by atoms with Crippen molar-refractivity contribution in [3.8, 4) is 5.75 Å². The first-order valence-electron chi connectivity index (χ1n) is 9.11. The van der Waals surface area contributed by atoms with Gasteiger partial charge in [0.15, 0.2) is 0 Å². The highest BCUT2D eigenvalue weighted by Gasteiger charge is 2.33. The number of hydrogen-bond donors (Lipinski definition) is 1. The van der Waals surface area contributed by atoms with Gasteiger partial charge in [0.05, 0.1) is 12.0 Å². The lowest BCUT2D eigenvalue weighted by Gasteiger charge is -2.06. The molecule has 2 heterocycles. The van der Waals surface area contributed by atoms with Gasteiger partial charge >= 0.3 is 11.9 Å². The Morgan fingerprint density at radius 1 is 1.10 bits per heavy atom. The van der Waals surface area contributed by atoms with E-state index in [0.29, 0.717) is 17.1 Å². The third kappa shape index (κ3) is 5.12. The number of nitrogens with one attached hydrogen (secondary N) is 1. The number of rotatable bonds is 5. The van der Waals surface area contributed by atoms with Crippen LogP contribution in [0, 0.1) is 0 Å². The van der Waals surface area contributed by atoms with E-state index in [1.807, 2.05) is 24.3 Å². The molecule has 0 aliphatic carbocycles. The van der Waals surface area contributed by atoms with Crippen LogP contribution >= 0.6 is 27.7 Å². The van der Waals surface area contributed by atoms with Gasteiger partial charge in [-0.25, -0.2) is 4.79 Å². The molecule has 2 aliphatic rings. The van der Waals surface area contributed by atoms with Gasteiger partial charge in [-0.05, 0) is 42.0 Å². The van der Waals surface area contributed by atoms with E-state index >= 15 is 0 Å². The molecule has 0 spiro atoms. The largest absolute Gasteiger partial charge is 0.426 e. The minimum Gasteiger partial charge on any atom is -0.426 e. The Balaban J connectivity index is 1.41. The Labute approximate surface area is 189 Å². The fourth-order valence-corrected chi connectivity index (χ4v) is 3.98. The zero-order valence-electron chi connectivity index (χ0n) is 15.8. The van der Waals surface area contributed by atoms with Crippen molar-refractivity contribution >= 4 is 62.6 Å². The second kappa shape index (κ2) is 8.91. The Kier molecular flexibility index (Phi) is 6.06. The molecule has 0 radical (unpaired) electrons. The van der Waals surface area contributed by atoms with Gasteiger partial charge in [-0.2, -0.15) is 0 Å². The summed E-state index contributed by atoms with van der Waals surface area (Å²) in [4.78, 5) is 46.9. The van der Waals surface area contributed by atoms with Crippen molar-refractivity contribution in [3.63, 3.8) is 0 Å². The molecule has 4 rings (SSSR count). The summed E-state index contributed by atoms with van der Waals surface area (Å²) in [5, 5.41) is 0.880. The summed E-state index contributed by atoms with van der Waals surface area (Å²) >= 11 is 4.14. The van der Waals surface area contributed by atoms with Gasteiger partial charge in [0, 0.05) is 10.0 Å². The molecule has 9 heteroatoms. The molecule has 7 nitrogen and oxygen atoms in total. The number of ether oxygens (including phenoxy) is 2. The zero-order chi connectivity index (χ0) is 22.0. The first kappa shape index (κ1) is 21.1. The number of cyclic esters (lactones) is 1. The highest BCUT2D eigenvalue weighted by Crippen LogP contribution is 2.29. The Bertz CT molecular complexity index is 1140. The maximum Gasteiger partial charge on any atom is 0.343 e. The highest BCUT2D eigenvalue weighted by atomic mass is 79.9. The Morgan fingerprint density at radius 3 is 2.45 bits per heavy atom. The number of thioether (sulfide) groups is 1. The molecule has 1 atom stereocenters. The summed E-state index contributed by atoms with van der Waals surface area (Å²) < 4.78 is 11.5. The molecular formula is C22H14BrNO6S. The number of carbonyl (C=O) groups is 4. The summed E-state index contributed by atoms with van der Waals surface area (Å²) in [5.41, 5.74) is 1.91. The van der Waals surface area contributed by atoms with E-state index < -0.39 is 28.3 Å². The van der Waals surface area contributed by atoms with E-state index in [4.69, 9.17) is 9.47 Å². The lowest BCUT2D eigenvalue weighted by molar-refractivity contribution is -0.136. The van der Waals surface area contributed by atoms with Gasteiger partial charge in [0.1, 0.15) is 16.8 Å². The third-order valence-electron chi connectivity index (χ3n) is 4.41. The summed E-state index contributed by atoms with van der Waals surface area (Å²) in [7, 11) is 0. The van der Waals surface area contributed by atoms with Crippen LogP contribution in [0.4, 0.5) is 4.79 Å². The Hall–Kier alpha value is -3.17. The molecular weight excluding hydrogens is 486 g/mol. The van der Waals surface area contributed by atoms with E-state index in [-0.39, 0.29) is 6.42 Å². The zero-order valence-corrected chi connectivity index (χ0v) is 18.2. The second-order valence-corrected chi connectivity index (χ2v) is 8.73. The summed E-state index contributed by atoms with van der Waals surface area (Å²) in [6.45, 7) is 0. The molecule has 1 N–H and O–H groups in total. The van der Waals surface area contributed by atoms with Crippen LogP contribution in [0.3, 0.4) is 0 Å². The summed E-state index contributed by atoms with van der Waals surface area (Å²) in [5.74, 6) is -0.790. The maximum atomic E-state index is 12.2. The molecule has 0 saturated carbocycles. The fraction of sp³-hybridized carbons (Fsp3) is 0.0909. The highest BCUT2D eigenvalue weighted by molar-refractivity contribution is 9.10. The average Bonchev–Trinajstić information content (AvgIpc) is 3.25. The van der Waals surface area contributed by atoms with E-state index in [2.05, 4.69) is 21.2 Å². The predicted molar refractivity (Wildman–Crippen MR) is 118 cm³/mol. The fourth-order valence-electron chi connectivity index (χ4n) is 2.91.